The predicted molar refractivity (Wildman–Crippen MR) is 142 cm³/mol. The molecule has 2 saturated heterocycles. The lowest BCUT2D eigenvalue weighted by atomic mass is 9.81. The Morgan fingerprint density at radius 3 is 1.78 bits per heavy atom. The monoisotopic (exact) mass is 506 g/mol. The van der Waals surface area contributed by atoms with Gasteiger partial charge in [-0.1, -0.05) is 78.9 Å². The fourth-order valence-electron chi connectivity index (χ4n) is 5.24. The van der Waals surface area contributed by atoms with Gasteiger partial charge in [-0.15, -0.1) is 12.4 Å². The molecule has 2 aliphatic rings. The van der Waals surface area contributed by atoms with Crippen molar-refractivity contribution in [1.29, 1.82) is 0 Å². The molecular weight excluding hydrogens is 476 g/mol. The van der Waals surface area contributed by atoms with Gasteiger partial charge in [-0.05, 0) is 23.3 Å². The van der Waals surface area contributed by atoms with Gasteiger partial charge in [-0.25, -0.2) is 4.79 Å². The molecule has 1 unspecified atom stereocenters. The molecule has 3 aromatic rings. The van der Waals surface area contributed by atoms with Gasteiger partial charge in [-0.2, -0.15) is 0 Å². The lowest BCUT2D eigenvalue weighted by molar-refractivity contribution is -0.125. The fraction of sp³-hybridized carbons (Fsp3) is 0.286. The second-order valence-electron chi connectivity index (χ2n) is 9.09. The Morgan fingerprint density at radius 2 is 1.25 bits per heavy atom. The number of imide groups is 1. The Kier molecular flexibility index (Phi) is 7.94. The summed E-state index contributed by atoms with van der Waals surface area (Å²) in [6.45, 7) is 3.86. The number of anilines is 1. The van der Waals surface area contributed by atoms with Crippen LogP contribution >= 0.6 is 12.4 Å². The topological polar surface area (TPSA) is 76.1 Å². The molecule has 2 aliphatic heterocycles. The van der Waals surface area contributed by atoms with Crippen LogP contribution in [0.4, 0.5) is 10.5 Å². The van der Waals surface area contributed by atoms with Crippen LogP contribution in [0, 0.1) is 0 Å². The summed E-state index contributed by atoms with van der Waals surface area (Å²) in [5.41, 5.74) is 1.26. The van der Waals surface area contributed by atoms with Crippen LogP contribution in [-0.4, -0.2) is 72.2 Å². The molecule has 0 aliphatic carbocycles. The first-order chi connectivity index (χ1) is 17.1. The third kappa shape index (κ3) is 4.82. The van der Waals surface area contributed by atoms with Crippen molar-refractivity contribution in [2.75, 3.05) is 44.2 Å². The van der Waals surface area contributed by atoms with Crippen molar-refractivity contribution in [3.8, 4) is 0 Å². The number of halogens is 1. The van der Waals surface area contributed by atoms with E-state index in [4.69, 9.17) is 0 Å². The highest BCUT2D eigenvalue weighted by molar-refractivity contribution is 6.09. The molecule has 2 fully saturated rings. The van der Waals surface area contributed by atoms with Gasteiger partial charge in [0.1, 0.15) is 0 Å². The zero-order valence-electron chi connectivity index (χ0n) is 20.0. The predicted octanol–water partition coefficient (Wildman–Crippen LogP) is 3.09. The molecule has 8 heteroatoms. The standard InChI is InChI=1S/C28H30N4O3.ClH/c33-25(20-30-16-18-31(19-17-30)24-14-8-3-9-15-24)21-32-27(35)29-26(34)28(32,22-10-4-1-5-11-22)23-12-6-2-7-13-23;/h1-15,25,33H,16-21H2,(H,29,34,35);1H. The number of carbonyl (C=O) groups excluding carboxylic acids is 2. The lowest BCUT2D eigenvalue weighted by Gasteiger charge is -2.39. The van der Waals surface area contributed by atoms with Gasteiger partial charge >= 0.3 is 6.03 Å². The molecule has 7 nitrogen and oxygen atoms in total. The molecule has 5 rings (SSSR count). The zero-order valence-corrected chi connectivity index (χ0v) is 20.8. The highest BCUT2D eigenvalue weighted by Gasteiger charge is 2.55. The van der Waals surface area contributed by atoms with Crippen molar-refractivity contribution in [2.24, 2.45) is 0 Å². The molecule has 3 aromatic carbocycles. The van der Waals surface area contributed by atoms with Crippen LogP contribution in [0.25, 0.3) is 0 Å². The number of hydrogen-bond donors (Lipinski definition) is 2. The summed E-state index contributed by atoms with van der Waals surface area (Å²) in [5, 5.41) is 13.6. The maximum atomic E-state index is 13.4. The van der Waals surface area contributed by atoms with E-state index in [1.54, 1.807) is 0 Å². The third-order valence-corrected chi connectivity index (χ3v) is 6.94. The van der Waals surface area contributed by atoms with Crippen LogP contribution in [0.15, 0.2) is 91.0 Å². The summed E-state index contributed by atoms with van der Waals surface area (Å²) in [6.07, 6.45) is -0.804. The van der Waals surface area contributed by atoms with Crippen molar-refractivity contribution in [3.05, 3.63) is 102 Å². The summed E-state index contributed by atoms with van der Waals surface area (Å²) in [7, 11) is 0. The van der Waals surface area contributed by atoms with Crippen LogP contribution in [0.5, 0.6) is 0 Å². The molecule has 3 amide bonds. The van der Waals surface area contributed by atoms with Crippen molar-refractivity contribution in [2.45, 2.75) is 11.6 Å². The largest absolute Gasteiger partial charge is 0.390 e. The Hall–Kier alpha value is -3.39. The lowest BCUT2D eigenvalue weighted by Crippen LogP contribution is -2.53. The second kappa shape index (κ2) is 11.1. The SMILES string of the molecule is Cl.O=C1NC(=O)C(c2ccccc2)(c2ccccc2)N1CC(O)CN1CCN(c2ccccc2)CC1. The highest BCUT2D eigenvalue weighted by Crippen LogP contribution is 2.39. The van der Waals surface area contributed by atoms with E-state index in [1.807, 2.05) is 78.9 Å². The number of benzene rings is 3. The first-order valence-electron chi connectivity index (χ1n) is 12.0. The van der Waals surface area contributed by atoms with Crippen LogP contribution in [0.3, 0.4) is 0 Å². The molecule has 0 aromatic heterocycles. The molecule has 0 bridgehead atoms. The minimum Gasteiger partial charge on any atom is -0.390 e. The number of urea groups is 1. The quantitative estimate of drug-likeness (QED) is 0.482. The summed E-state index contributed by atoms with van der Waals surface area (Å²) in [4.78, 5) is 32.5. The highest BCUT2D eigenvalue weighted by atomic mass is 35.5. The second-order valence-corrected chi connectivity index (χ2v) is 9.09. The van der Waals surface area contributed by atoms with Crippen LogP contribution in [0.1, 0.15) is 11.1 Å². The molecule has 0 saturated carbocycles. The van der Waals surface area contributed by atoms with E-state index >= 15 is 0 Å². The Morgan fingerprint density at radius 1 is 0.750 bits per heavy atom. The first-order valence-corrected chi connectivity index (χ1v) is 12.0. The van der Waals surface area contributed by atoms with E-state index in [0.717, 1.165) is 26.2 Å². The van der Waals surface area contributed by atoms with E-state index in [2.05, 4.69) is 27.2 Å². The summed E-state index contributed by atoms with van der Waals surface area (Å²) >= 11 is 0. The Labute approximate surface area is 217 Å². The summed E-state index contributed by atoms with van der Waals surface area (Å²) in [6, 6.07) is 28.4. The Balaban J connectivity index is 0.00000304. The van der Waals surface area contributed by atoms with Crippen molar-refractivity contribution in [1.82, 2.24) is 15.1 Å². The van der Waals surface area contributed by atoms with Gasteiger partial charge in [0.2, 0.25) is 0 Å². The number of β-amino-alcohol motifs (C(OH)–C–C–N with tert-alkyl or cyclic N) is 1. The number of aliphatic hydroxyl groups is 1. The van der Waals surface area contributed by atoms with Crippen LogP contribution in [0.2, 0.25) is 0 Å². The number of carbonyl (C=O) groups is 2. The number of hydrogen-bond acceptors (Lipinski definition) is 5. The van der Waals surface area contributed by atoms with Crippen molar-refractivity contribution in [3.63, 3.8) is 0 Å². The van der Waals surface area contributed by atoms with E-state index in [1.165, 1.54) is 10.6 Å². The van der Waals surface area contributed by atoms with Crippen molar-refractivity contribution >= 4 is 30.0 Å². The average molecular weight is 507 g/mol. The number of rotatable bonds is 7. The van der Waals surface area contributed by atoms with Gasteiger partial charge in [0.05, 0.1) is 12.6 Å². The van der Waals surface area contributed by atoms with Crippen LogP contribution in [-0.2, 0) is 10.3 Å². The number of nitrogens with one attached hydrogen (secondary N) is 1. The number of para-hydroxylation sites is 1. The van der Waals surface area contributed by atoms with E-state index in [0.29, 0.717) is 17.7 Å². The molecule has 2 heterocycles. The molecule has 2 N–H and O–H groups in total. The zero-order chi connectivity index (χ0) is 24.3. The smallest absolute Gasteiger partial charge is 0.325 e. The van der Waals surface area contributed by atoms with E-state index in [9.17, 15) is 14.7 Å². The number of nitrogens with zero attached hydrogens (tertiary/aromatic N) is 3. The number of amides is 3. The van der Waals surface area contributed by atoms with Crippen molar-refractivity contribution < 1.29 is 14.7 Å². The van der Waals surface area contributed by atoms with E-state index in [-0.39, 0.29) is 19.0 Å². The number of piperazine rings is 1. The average Bonchev–Trinajstić information content (AvgIpc) is 3.15. The fourth-order valence-corrected chi connectivity index (χ4v) is 5.24. The molecule has 188 valence electrons. The number of aliphatic hydroxyl groups excluding tert-OH is 1. The maximum absolute atomic E-state index is 13.4. The van der Waals surface area contributed by atoms with Gasteiger partial charge in [0.25, 0.3) is 5.91 Å². The first kappa shape index (κ1) is 25.7. The summed E-state index contributed by atoms with van der Waals surface area (Å²) in [5.74, 6) is -0.399. The molecular formula is C28H31ClN4O3. The Bertz CT molecular complexity index is 1120. The van der Waals surface area contributed by atoms with Gasteiger partial charge in [0.15, 0.2) is 5.54 Å². The van der Waals surface area contributed by atoms with Gasteiger partial charge in [0, 0.05) is 38.4 Å². The minimum absolute atomic E-state index is 0. The minimum atomic E-state index is -1.33. The van der Waals surface area contributed by atoms with E-state index < -0.39 is 23.6 Å². The van der Waals surface area contributed by atoms with Gasteiger partial charge in [-0.3, -0.25) is 19.9 Å². The molecule has 36 heavy (non-hydrogen) atoms. The maximum Gasteiger partial charge on any atom is 0.325 e. The molecule has 1 atom stereocenters. The van der Waals surface area contributed by atoms with Gasteiger partial charge < -0.3 is 10.0 Å². The van der Waals surface area contributed by atoms with Crippen LogP contribution < -0.4 is 10.2 Å². The normalized spacial score (nSPS) is 18.5. The summed E-state index contributed by atoms with van der Waals surface area (Å²) < 4.78 is 0. The molecule has 0 radical (unpaired) electrons. The molecule has 0 spiro atoms. The third-order valence-electron chi connectivity index (χ3n) is 6.94.